The molecule has 0 aromatic heterocycles. The van der Waals surface area contributed by atoms with Crippen molar-refractivity contribution in [3.63, 3.8) is 0 Å². The first kappa shape index (κ1) is 13.0. The Morgan fingerprint density at radius 1 is 1.44 bits per heavy atom. The number of benzene rings is 1. The Balaban J connectivity index is 2.90. The maximum Gasteiger partial charge on any atom is 0.303 e. The summed E-state index contributed by atoms with van der Waals surface area (Å²) in [4.78, 5) is 10.4. The smallest absolute Gasteiger partial charge is 0.303 e. The van der Waals surface area contributed by atoms with Crippen molar-refractivity contribution in [2.45, 2.75) is 33.1 Å². The molecule has 0 atom stereocenters. The second-order valence-corrected chi connectivity index (χ2v) is 4.73. The molecule has 16 heavy (non-hydrogen) atoms. The number of carboxylic acids is 1. The summed E-state index contributed by atoms with van der Waals surface area (Å²) in [6, 6.07) is 1.87. The minimum Gasteiger partial charge on any atom is -0.507 e. The van der Waals surface area contributed by atoms with Crippen LogP contribution < -0.4 is 0 Å². The van der Waals surface area contributed by atoms with Crippen molar-refractivity contribution in [1.82, 2.24) is 0 Å². The minimum atomic E-state index is -0.802. The van der Waals surface area contributed by atoms with Crippen LogP contribution in [0, 0.1) is 13.8 Å². The number of aromatic hydroxyl groups is 1. The Kier molecular flexibility index (Phi) is 4.35. The van der Waals surface area contributed by atoms with Crippen molar-refractivity contribution < 1.29 is 15.0 Å². The first-order chi connectivity index (χ1) is 7.43. The molecule has 0 fully saturated rings. The van der Waals surface area contributed by atoms with Gasteiger partial charge in [-0.25, -0.2) is 0 Å². The molecule has 2 N–H and O–H groups in total. The van der Waals surface area contributed by atoms with E-state index < -0.39 is 5.97 Å². The summed E-state index contributed by atoms with van der Waals surface area (Å²) in [6.07, 6.45) is 1.26. The molecule has 0 unspecified atom stereocenters. The minimum absolute atomic E-state index is 0.129. The summed E-state index contributed by atoms with van der Waals surface area (Å²) in [5.74, 6) is -0.519. The summed E-state index contributed by atoms with van der Waals surface area (Å²) in [5, 5.41) is 18.5. The van der Waals surface area contributed by atoms with E-state index in [1.165, 1.54) is 0 Å². The molecule has 3 nitrogen and oxygen atoms in total. The Morgan fingerprint density at radius 2 is 2.06 bits per heavy atom. The summed E-state index contributed by atoms with van der Waals surface area (Å²) in [7, 11) is 0. The van der Waals surface area contributed by atoms with Crippen LogP contribution in [-0.4, -0.2) is 16.2 Å². The number of carboxylic acid groups (broad SMARTS) is 1. The van der Waals surface area contributed by atoms with E-state index in [0.29, 0.717) is 12.8 Å². The van der Waals surface area contributed by atoms with Crippen LogP contribution in [0.2, 0.25) is 0 Å². The zero-order chi connectivity index (χ0) is 12.3. The molecule has 0 saturated heterocycles. The lowest BCUT2D eigenvalue weighted by atomic mass is 9.99. The Bertz CT molecular complexity index is 387. The Morgan fingerprint density at radius 3 is 2.62 bits per heavy atom. The van der Waals surface area contributed by atoms with Crippen LogP contribution in [0.1, 0.15) is 29.5 Å². The van der Waals surface area contributed by atoms with Gasteiger partial charge in [0.1, 0.15) is 5.75 Å². The highest BCUT2D eigenvalue weighted by molar-refractivity contribution is 9.10. The fraction of sp³-hybridized carbons (Fsp3) is 0.417. The first-order valence-corrected chi connectivity index (χ1v) is 5.92. The SMILES string of the molecule is Cc1cc(Br)c(C)c(CCCC(=O)O)c1O. The van der Waals surface area contributed by atoms with Gasteiger partial charge in [-0.2, -0.15) is 0 Å². The third kappa shape index (κ3) is 2.98. The van der Waals surface area contributed by atoms with Crippen LogP contribution in [0.25, 0.3) is 0 Å². The molecular weight excluding hydrogens is 272 g/mol. The second kappa shape index (κ2) is 5.34. The van der Waals surface area contributed by atoms with Gasteiger partial charge in [0.15, 0.2) is 0 Å². The molecule has 0 saturated carbocycles. The fourth-order valence-electron chi connectivity index (χ4n) is 1.65. The maximum absolute atomic E-state index is 10.4. The van der Waals surface area contributed by atoms with Crippen molar-refractivity contribution in [2.75, 3.05) is 0 Å². The molecule has 1 aromatic rings. The summed E-state index contributed by atoms with van der Waals surface area (Å²) in [5.41, 5.74) is 2.63. The van der Waals surface area contributed by atoms with E-state index in [1.807, 2.05) is 19.9 Å². The number of hydrogen-bond donors (Lipinski definition) is 2. The summed E-state index contributed by atoms with van der Waals surface area (Å²) < 4.78 is 0.952. The van der Waals surface area contributed by atoms with Gasteiger partial charge in [-0.05, 0) is 49.4 Å². The molecular formula is C12H15BrO3. The highest BCUT2D eigenvalue weighted by atomic mass is 79.9. The van der Waals surface area contributed by atoms with E-state index in [4.69, 9.17) is 5.11 Å². The van der Waals surface area contributed by atoms with E-state index in [9.17, 15) is 9.90 Å². The van der Waals surface area contributed by atoms with Gasteiger partial charge in [0.2, 0.25) is 0 Å². The molecule has 0 aliphatic rings. The predicted octanol–water partition coefficient (Wildman–Crippen LogP) is 3.18. The molecule has 0 aliphatic heterocycles. The van der Waals surface area contributed by atoms with Crippen molar-refractivity contribution in [1.29, 1.82) is 0 Å². The molecule has 0 heterocycles. The molecule has 0 spiro atoms. The van der Waals surface area contributed by atoms with E-state index >= 15 is 0 Å². The zero-order valence-corrected chi connectivity index (χ0v) is 11.0. The van der Waals surface area contributed by atoms with E-state index in [1.54, 1.807) is 0 Å². The quantitative estimate of drug-likeness (QED) is 0.894. The number of hydrogen-bond acceptors (Lipinski definition) is 2. The van der Waals surface area contributed by atoms with Crippen molar-refractivity contribution in [3.05, 3.63) is 27.2 Å². The average molecular weight is 287 g/mol. The number of rotatable bonds is 4. The van der Waals surface area contributed by atoms with Crippen LogP contribution in [0.3, 0.4) is 0 Å². The second-order valence-electron chi connectivity index (χ2n) is 3.87. The average Bonchev–Trinajstić information content (AvgIpc) is 2.20. The third-order valence-corrected chi connectivity index (χ3v) is 3.45. The van der Waals surface area contributed by atoms with E-state index in [0.717, 1.165) is 21.2 Å². The van der Waals surface area contributed by atoms with Crippen LogP contribution in [0.5, 0.6) is 5.75 Å². The maximum atomic E-state index is 10.4. The Hall–Kier alpha value is -1.03. The highest BCUT2D eigenvalue weighted by Crippen LogP contribution is 2.32. The largest absolute Gasteiger partial charge is 0.507 e. The monoisotopic (exact) mass is 286 g/mol. The lowest BCUT2D eigenvalue weighted by Crippen LogP contribution is -1.99. The molecule has 0 radical (unpaired) electrons. The number of halogens is 1. The number of phenols is 1. The van der Waals surface area contributed by atoms with Crippen molar-refractivity contribution in [2.24, 2.45) is 0 Å². The van der Waals surface area contributed by atoms with Gasteiger partial charge in [-0.15, -0.1) is 0 Å². The van der Waals surface area contributed by atoms with Crippen molar-refractivity contribution in [3.8, 4) is 5.75 Å². The fourth-order valence-corrected chi connectivity index (χ4v) is 2.23. The van der Waals surface area contributed by atoms with Gasteiger partial charge in [-0.3, -0.25) is 4.79 Å². The molecule has 4 heteroatoms. The first-order valence-electron chi connectivity index (χ1n) is 5.12. The molecule has 0 bridgehead atoms. The molecule has 0 aliphatic carbocycles. The molecule has 0 amide bonds. The number of phenolic OH excluding ortho intramolecular Hbond substituents is 1. The van der Waals surface area contributed by atoms with Crippen LogP contribution in [0.15, 0.2) is 10.5 Å². The standard InChI is InChI=1S/C12H15BrO3/c1-7-6-10(13)8(2)9(12(7)16)4-3-5-11(14)15/h6,16H,3-5H2,1-2H3,(H,14,15). The van der Waals surface area contributed by atoms with E-state index in [2.05, 4.69) is 15.9 Å². The van der Waals surface area contributed by atoms with Gasteiger partial charge < -0.3 is 10.2 Å². The Labute approximate surface area is 103 Å². The van der Waals surface area contributed by atoms with Gasteiger partial charge in [0.25, 0.3) is 0 Å². The van der Waals surface area contributed by atoms with Crippen LogP contribution >= 0.6 is 15.9 Å². The normalized spacial score (nSPS) is 10.4. The van der Waals surface area contributed by atoms with Crippen LogP contribution in [-0.2, 0) is 11.2 Å². The highest BCUT2D eigenvalue weighted by Gasteiger charge is 2.11. The summed E-state index contributed by atoms with van der Waals surface area (Å²) >= 11 is 3.42. The van der Waals surface area contributed by atoms with Crippen molar-refractivity contribution >= 4 is 21.9 Å². The molecule has 1 rings (SSSR count). The lowest BCUT2D eigenvalue weighted by Gasteiger charge is -2.12. The predicted molar refractivity (Wildman–Crippen MR) is 65.9 cm³/mol. The number of aliphatic carboxylic acids is 1. The van der Waals surface area contributed by atoms with E-state index in [-0.39, 0.29) is 12.2 Å². The topological polar surface area (TPSA) is 57.5 Å². The zero-order valence-electron chi connectivity index (χ0n) is 9.38. The van der Waals surface area contributed by atoms with Crippen LogP contribution in [0.4, 0.5) is 0 Å². The summed E-state index contributed by atoms with van der Waals surface area (Å²) in [6.45, 7) is 3.75. The number of aryl methyl sites for hydroxylation is 1. The van der Waals surface area contributed by atoms with Gasteiger partial charge >= 0.3 is 5.97 Å². The third-order valence-electron chi connectivity index (χ3n) is 2.63. The molecule has 88 valence electrons. The number of carbonyl (C=O) groups is 1. The lowest BCUT2D eigenvalue weighted by molar-refractivity contribution is -0.137. The van der Waals surface area contributed by atoms with Gasteiger partial charge in [0, 0.05) is 10.9 Å². The van der Waals surface area contributed by atoms with Gasteiger partial charge in [0.05, 0.1) is 0 Å². The molecule has 1 aromatic carbocycles. The van der Waals surface area contributed by atoms with Gasteiger partial charge in [-0.1, -0.05) is 15.9 Å².